The van der Waals surface area contributed by atoms with Gasteiger partial charge in [-0.3, -0.25) is 10.1 Å². The lowest BCUT2D eigenvalue weighted by molar-refractivity contribution is -0.386. The van der Waals surface area contributed by atoms with E-state index in [9.17, 15) is 19.3 Å². The van der Waals surface area contributed by atoms with Gasteiger partial charge in [-0.2, -0.15) is 4.39 Å². The molecule has 0 fully saturated rings. The molecule has 7 heteroatoms. The number of para-hydroxylation sites is 1. The largest absolute Gasteiger partial charge is 0.480 e. The normalized spacial score (nSPS) is 13.7. The minimum absolute atomic E-state index is 0.147. The van der Waals surface area contributed by atoms with Crippen molar-refractivity contribution in [2.24, 2.45) is 0 Å². The van der Waals surface area contributed by atoms with Crippen molar-refractivity contribution in [2.75, 3.05) is 5.32 Å². The number of hydrogen-bond acceptors (Lipinski definition) is 4. The van der Waals surface area contributed by atoms with Gasteiger partial charge in [-0.15, -0.1) is 0 Å². The molecule has 0 aliphatic carbocycles. The lowest BCUT2D eigenvalue weighted by Crippen LogP contribution is -2.42. The van der Waals surface area contributed by atoms with Crippen LogP contribution in [-0.2, 0) is 4.79 Å². The molecular formula is C11H13FN2O4. The molecule has 98 valence electrons. The van der Waals surface area contributed by atoms with E-state index >= 15 is 0 Å². The molecule has 0 bridgehead atoms. The number of rotatable bonds is 5. The summed E-state index contributed by atoms with van der Waals surface area (Å²) in [5.41, 5.74) is -2.29. The first-order valence-corrected chi connectivity index (χ1v) is 5.26. The number of halogens is 1. The second-order valence-electron chi connectivity index (χ2n) is 4.01. The van der Waals surface area contributed by atoms with Gasteiger partial charge in [-0.1, -0.05) is 13.0 Å². The van der Waals surface area contributed by atoms with Crippen LogP contribution in [-0.4, -0.2) is 21.5 Å². The molecule has 0 saturated heterocycles. The number of aliphatic carboxylic acids is 1. The number of carboxylic acids is 1. The molecule has 0 amide bonds. The Morgan fingerprint density at radius 2 is 2.22 bits per heavy atom. The van der Waals surface area contributed by atoms with Crippen molar-refractivity contribution in [3.8, 4) is 0 Å². The molecule has 0 radical (unpaired) electrons. The zero-order valence-electron chi connectivity index (χ0n) is 9.94. The van der Waals surface area contributed by atoms with E-state index in [0.717, 1.165) is 6.07 Å². The lowest BCUT2D eigenvalue weighted by Gasteiger charge is -2.25. The molecule has 0 spiro atoms. The quantitative estimate of drug-likeness (QED) is 0.623. The van der Waals surface area contributed by atoms with Gasteiger partial charge < -0.3 is 10.4 Å². The van der Waals surface area contributed by atoms with E-state index < -0.39 is 27.9 Å². The highest BCUT2D eigenvalue weighted by Crippen LogP contribution is 2.30. The van der Waals surface area contributed by atoms with E-state index in [2.05, 4.69) is 5.32 Å². The number of nitrogens with one attached hydrogen (secondary N) is 1. The van der Waals surface area contributed by atoms with E-state index in [1.54, 1.807) is 6.92 Å². The molecule has 1 rings (SSSR count). The maximum atomic E-state index is 13.4. The topological polar surface area (TPSA) is 92.5 Å². The molecule has 18 heavy (non-hydrogen) atoms. The van der Waals surface area contributed by atoms with Gasteiger partial charge in [-0.05, 0) is 25.5 Å². The summed E-state index contributed by atoms with van der Waals surface area (Å²) in [6.07, 6.45) is 0.190. The van der Waals surface area contributed by atoms with E-state index in [4.69, 9.17) is 5.11 Å². The number of hydrogen-bond donors (Lipinski definition) is 2. The van der Waals surface area contributed by atoms with Gasteiger partial charge >= 0.3 is 11.7 Å². The Balaban J connectivity index is 3.23. The minimum Gasteiger partial charge on any atom is -0.480 e. The average Bonchev–Trinajstić information content (AvgIpc) is 2.28. The minimum atomic E-state index is -1.39. The van der Waals surface area contributed by atoms with Crippen LogP contribution in [0, 0.1) is 15.9 Å². The number of benzene rings is 1. The number of nitro benzene ring substituents is 1. The maximum Gasteiger partial charge on any atom is 0.329 e. The highest BCUT2D eigenvalue weighted by atomic mass is 19.1. The van der Waals surface area contributed by atoms with Crippen LogP contribution in [0.2, 0.25) is 0 Å². The van der Waals surface area contributed by atoms with Crippen LogP contribution in [0.1, 0.15) is 20.3 Å². The summed E-state index contributed by atoms with van der Waals surface area (Å²) in [5.74, 6) is -2.17. The summed E-state index contributed by atoms with van der Waals surface area (Å²) in [7, 11) is 0. The first-order valence-electron chi connectivity index (χ1n) is 5.26. The molecule has 1 aromatic carbocycles. The van der Waals surface area contributed by atoms with Gasteiger partial charge in [0.25, 0.3) is 0 Å². The standard InChI is InChI=1S/C11H13FN2O4/c1-3-11(2,10(15)16)13-8-6-4-5-7(12)9(8)14(17)18/h4-6,13H,3H2,1-2H3,(H,15,16). The number of nitro groups is 1. The van der Waals surface area contributed by atoms with Crippen molar-refractivity contribution in [3.05, 3.63) is 34.1 Å². The molecule has 0 saturated carbocycles. The van der Waals surface area contributed by atoms with Crippen molar-refractivity contribution in [2.45, 2.75) is 25.8 Å². The van der Waals surface area contributed by atoms with Crippen LogP contribution >= 0.6 is 0 Å². The highest BCUT2D eigenvalue weighted by Gasteiger charge is 2.33. The molecular weight excluding hydrogens is 243 g/mol. The average molecular weight is 256 g/mol. The first kappa shape index (κ1) is 13.9. The van der Waals surface area contributed by atoms with Gasteiger partial charge in [0.15, 0.2) is 0 Å². The summed E-state index contributed by atoms with van der Waals surface area (Å²) in [6.45, 7) is 3.00. The van der Waals surface area contributed by atoms with E-state index in [1.807, 2.05) is 0 Å². The fourth-order valence-electron chi connectivity index (χ4n) is 1.39. The van der Waals surface area contributed by atoms with Gasteiger partial charge in [0.2, 0.25) is 5.82 Å². The Labute approximate surface area is 103 Å². The lowest BCUT2D eigenvalue weighted by atomic mass is 9.98. The molecule has 1 atom stereocenters. The zero-order valence-corrected chi connectivity index (χ0v) is 9.94. The summed E-state index contributed by atoms with van der Waals surface area (Å²) >= 11 is 0. The fourth-order valence-corrected chi connectivity index (χ4v) is 1.39. The SMILES string of the molecule is CCC(C)(Nc1cccc(F)c1[N+](=O)[O-])C(=O)O. The first-order chi connectivity index (χ1) is 8.31. The Kier molecular flexibility index (Phi) is 3.85. The third-order valence-corrected chi connectivity index (χ3v) is 2.76. The molecule has 6 nitrogen and oxygen atoms in total. The number of carbonyl (C=O) groups is 1. The zero-order chi connectivity index (χ0) is 13.9. The van der Waals surface area contributed by atoms with Crippen LogP contribution in [0.3, 0.4) is 0 Å². The van der Waals surface area contributed by atoms with Crippen LogP contribution < -0.4 is 5.32 Å². The van der Waals surface area contributed by atoms with Crippen LogP contribution in [0.5, 0.6) is 0 Å². The van der Waals surface area contributed by atoms with Crippen molar-refractivity contribution in [1.29, 1.82) is 0 Å². The maximum absolute atomic E-state index is 13.4. The van der Waals surface area contributed by atoms with Crippen molar-refractivity contribution >= 4 is 17.3 Å². The third-order valence-electron chi connectivity index (χ3n) is 2.76. The Hall–Kier alpha value is -2.18. The second kappa shape index (κ2) is 4.99. The summed E-state index contributed by atoms with van der Waals surface area (Å²) < 4.78 is 13.4. The highest BCUT2D eigenvalue weighted by molar-refractivity contribution is 5.83. The smallest absolute Gasteiger partial charge is 0.329 e. The summed E-state index contributed by atoms with van der Waals surface area (Å²) in [5, 5.41) is 22.3. The van der Waals surface area contributed by atoms with Crippen LogP contribution in [0.25, 0.3) is 0 Å². The molecule has 2 N–H and O–H groups in total. The number of nitrogens with zero attached hydrogens (tertiary/aromatic N) is 1. The van der Waals surface area contributed by atoms with Crippen LogP contribution in [0.15, 0.2) is 18.2 Å². The van der Waals surface area contributed by atoms with Gasteiger partial charge in [0.1, 0.15) is 11.2 Å². The predicted molar refractivity (Wildman–Crippen MR) is 63.0 cm³/mol. The Morgan fingerprint density at radius 3 is 2.67 bits per heavy atom. The van der Waals surface area contributed by atoms with E-state index in [1.165, 1.54) is 19.1 Å². The van der Waals surface area contributed by atoms with Crippen molar-refractivity contribution in [1.82, 2.24) is 0 Å². The molecule has 1 unspecified atom stereocenters. The van der Waals surface area contributed by atoms with Gasteiger partial charge in [0, 0.05) is 0 Å². The van der Waals surface area contributed by atoms with Crippen molar-refractivity contribution < 1.29 is 19.2 Å². The summed E-state index contributed by atoms with van der Waals surface area (Å²) in [4.78, 5) is 21.0. The van der Waals surface area contributed by atoms with Crippen LogP contribution in [0.4, 0.5) is 15.8 Å². The molecule has 0 heterocycles. The molecule has 0 aromatic heterocycles. The molecule has 1 aromatic rings. The number of carboxylic acid groups (broad SMARTS) is 1. The fraction of sp³-hybridized carbons (Fsp3) is 0.364. The second-order valence-corrected chi connectivity index (χ2v) is 4.01. The molecule has 0 aliphatic rings. The summed E-state index contributed by atoms with van der Waals surface area (Å²) in [6, 6.07) is 3.51. The van der Waals surface area contributed by atoms with Gasteiger partial charge in [0.05, 0.1) is 4.92 Å². The Bertz CT molecular complexity index is 492. The molecule has 0 aliphatic heterocycles. The monoisotopic (exact) mass is 256 g/mol. The van der Waals surface area contributed by atoms with E-state index in [0.29, 0.717) is 0 Å². The predicted octanol–water partition coefficient (Wildman–Crippen LogP) is 2.40. The van der Waals surface area contributed by atoms with Crippen molar-refractivity contribution in [3.63, 3.8) is 0 Å². The third kappa shape index (κ3) is 2.55. The Morgan fingerprint density at radius 1 is 1.61 bits per heavy atom. The van der Waals surface area contributed by atoms with E-state index in [-0.39, 0.29) is 12.1 Å². The number of anilines is 1. The van der Waals surface area contributed by atoms with Gasteiger partial charge in [-0.25, -0.2) is 4.79 Å².